The Balaban J connectivity index is 0.000000258. The molecule has 4 amide bonds. The van der Waals surface area contributed by atoms with E-state index in [0.29, 0.717) is 104 Å². The van der Waals surface area contributed by atoms with Crippen molar-refractivity contribution in [2.24, 2.45) is 53.3 Å². The minimum Gasteiger partial charge on any atom is -0.481 e. The van der Waals surface area contributed by atoms with Crippen molar-refractivity contribution < 1.29 is 68.1 Å². The Labute approximate surface area is 738 Å². The van der Waals surface area contributed by atoms with E-state index >= 15 is 0 Å². The molecule has 0 radical (unpaired) electrons. The summed E-state index contributed by atoms with van der Waals surface area (Å²) in [5, 5.41) is 53.4. The van der Waals surface area contributed by atoms with Crippen LogP contribution in [0.4, 0.5) is 9.59 Å². The molecule has 6 fully saturated rings. The molecule has 0 aromatic heterocycles. The summed E-state index contributed by atoms with van der Waals surface area (Å²) in [4.78, 5) is 70.4. The van der Waals surface area contributed by atoms with Gasteiger partial charge in [0.15, 0.2) is 0 Å². The first-order valence-electron chi connectivity index (χ1n) is 46.1. The number of carboxylic acids is 1. The summed E-state index contributed by atoms with van der Waals surface area (Å²) >= 11 is 18.8. The molecule has 20 nitrogen and oxygen atoms in total. The Morgan fingerprint density at radius 2 is 0.817 bits per heavy atom. The highest BCUT2D eigenvalue weighted by atomic mass is 35.5. The number of benzene rings is 3. The summed E-state index contributed by atoms with van der Waals surface area (Å²) < 4.78 is 26.5. The van der Waals surface area contributed by atoms with Crippen LogP contribution in [-0.4, -0.2) is 202 Å². The van der Waals surface area contributed by atoms with Crippen LogP contribution in [0.25, 0.3) is 0 Å². The number of piperidine rings is 3. The molecule has 3 aliphatic carbocycles. The Hall–Kier alpha value is -4.84. The molecule has 23 heteroatoms. The number of carboxylic acid groups (broad SMARTS) is 1. The fraction of sp³-hybridized carbons (Fsp3) is 0.763. The fourth-order valence-corrected chi connectivity index (χ4v) is 20.2. The molecule has 3 unspecified atom stereocenters. The Morgan fingerprint density at radius 1 is 0.475 bits per heavy atom. The topological polar surface area (TPSA) is 249 Å². The maximum atomic E-state index is 13.9. The molecule has 6 N–H and O–H groups in total. The van der Waals surface area contributed by atoms with Gasteiger partial charge in [0.25, 0.3) is 0 Å². The quantitative estimate of drug-likeness (QED) is 0.0291. The number of methoxy groups -OCH3 is 3. The fourth-order valence-electron chi connectivity index (χ4n) is 19.7. The van der Waals surface area contributed by atoms with Crippen LogP contribution >= 0.6 is 34.8 Å². The Kier molecular flexibility index (Phi) is 47.0. The number of halogens is 3. The molecule has 0 spiro atoms. The third-order valence-corrected chi connectivity index (χ3v) is 26.6. The number of hydrogen-bond donors (Lipinski definition) is 6. The molecule has 3 aromatic rings. The molecule has 9 rings (SSSR count). The SMILES string of the molecule is CN(C[C@@H](CC(=O)O)CC1CCCCC1)C(=O)OC(C)(C)C.CNC[C@@H](CC(=O)N1CCC[C@@H](C(O)(CCCCOC)c2cccc(Cl)c2)C1)CC1CCCCC1.COCCCCC(O)(c1cccc(Cl)c1)[C@@H]1CCCN(C(=O)C[C@@H](CC2CCCCC2)CN(C)C(=O)OC(C)(C)C)C1.COCCCCC(O)(c1cccc(Cl)c1)[C@@H]1CCCNC1. The number of nitrogens with one attached hydrogen (secondary N) is 2. The zero-order chi connectivity index (χ0) is 87.7. The molecule has 3 saturated heterocycles. The number of rotatable bonds is 39. The highest BCUT2D eigenvalue weighted by Crippen LogP contribution is 2.45. The summed E-state index contributed by atoms with van der Waals surface area (Å²) in [5.74, 6) is 2.15. The van der Waals surface area contributed by atoms with E-state index in [1.54, 1.807) is 40.3 Å². The molecule has 3 aromatic carbocycles. The standard InChI is InChI=1S/C34H55ClN2O5.C29H47ClN2O3.C17H26ClNO2.C17H31NO4/c1-33(2,3)42-32(39)36(4)24-27(21-26-13-7-6-8-14-26)22-31(38)37-19-12-16-29(25-37)34(40,18-9-10-20-41-5)28-15-11-17-30(35)23-28;1-31-21-24(18-23-10-4-3-5-11-23)19-28(33)32-16-9-13-26(22-32)29(34,15-6-7-17-35-2)25-12-8-14-27(30)20-25;1-21-11-3-2-9-17(20,15-7-5-10-19-13-15)14-6-4-8-16(18)12-14;1-17(2,3)22-16(21)18(4)12-14(11-15(19)20)10-13-8-6-5-7-9-13/h11,15,17,23,26-27,29,40H,6-10,12-14,16,18-22,24-25H2,1-5H3;8,12,14,20,23-24,26,31,34H,3-7,9-11,13,15-19,21-22H2,1-2H3;4,6,8,12,15,19-20H,2-3,5,7,9-11,13H2,1H3;13-14H,5-12H2,1-4H3,(H,19,20)/t27-,29-,34?;24-,26-,29?;15-,17?;14-/m1111/s1. The molecular formula is C97H159Cl3N6O14. The predicted octanol–water partition coefficient (Wildman–Crippen LogP) is 20.5. The molecule has 3 heterocycles. The number of hydrogen-bond acceptors (Lipinski definition) is 15. The second-order valence-electron chi connectivity index (χ2n) is 38.2. The van der Waals surface area contributed by atoms with Crippen molar-refractivity contribution in [3.05, 3.63) is 105 Å². The van der Waals surface area contributed by atoms with Crippen LogP contribution in [0.1, 0.15) is 289 Å². The van der Waals surface area contributed by atoms with E-state index < -0.39 is 34.0 Å². The number of amides is 4. The third kappa shape index (κ3) is 37.4. The molecular weight excluding hydrogens is 1580 g/mol. The zero-order valence-electron chi connectivity index (χ0n) is 75.9. The van der Waals surface area contributed by atoms with E-state index in [-0.39, 0.29) is 60.0 Å². The van der Waals surface area contributed by atoms with Crippen LogP contribution in [0.15, 0.2) is 72.8 Å². The van der Waals surface area contributed by atoms with Crippen molar-refractivity contribution in [1.82, 2.24) is 30.2 Å². The van der Waals surface area contributed by atoms with E-state index in [1.165, 1.54) is 101 Å². The van der Waals surface area contributed by atoms with Crippen LogP contribution in [0, 0.1) is 53.3 Å². The summed E-state index contributed by atoms with van der Waals surface area (Å²) in [6.45, 7) is 19.6. The molecule has 9 atom stereocenters. The minimum absolute atomic E-state index is 0.00174. The zero-order valence-corrected chi connectivity index (χ0v) is 78.1. The van der Waals surface area contributed by atoms with Gasteiger partial charge < -0.3 is 74.3 Å². The average Bonchev–Trinajstić information content (AvgIpc) is 0.794. The molecule has 6 aliphatic rings. The molecule has 3 aliphatic heterocycles. The smallest absolute Gasteiger partial charge is 0.410 e. The van der Waals surface area contributed by atoms with Crippen molar-refractivity contribution in [3.63, 3.8) is 0 Å². The molecule has 3 saturated carbocycles. The highest BCUT2D eigenvalue weighted by Gasteiger charge is 2.45. The lowest BCUT2D eigenvalue weighted by atomic mass is 9.74. The number of aliphatic hydroxyl groups is 3. The van der Waals surface area contributed by atoms with Gasteiger partial charge in [-0.25, -0.2) is 9.59 Å². The van der Waals surface area contributed by atoms with Crippen LogP contribution in [0.3, 0.4) is 0 Å². The van der Waals surface area contributed by atoms with Gasteiger partial charge in [0.1, 0.15) is 11.2 Å². The second-order valence-corrected chi connectivity index (χ2v) is 39.5. The first-order chi connectivity index (χ1) is 57.2. The monoisotopic (exact) mass is 1740 g/mol. The van der Waals surface area contributed by atoms with Gasteiger partial charge in [-0.05, 0) is 266 Å². The summed E-state index contributed by atoms with van der Waals surface area (Å²) in [7, 11) is 10.6. The van der Waals surface area contributed by atoms with E-state index in [4.69, 9.17) is 63.6 Å². The third-order valence-electron chi connectivity index (χ3n) is 25.8. The highest BCUT2D eigenvalue weighted by molar-refractivity contribution is 6.31. The van der Waals surface area contributed by atoms with Gasteiger partial charge in [-0.2, -0.15) is 0 Å². The second kappa shape index (κ2) is 54.2. The number of carbonyl (C=O) groups is 5. The Bertz CT molecular complexity index is 3410. The number of aliphatic carboxylic acids is 1. The van der Waals surface area contributed by atoms with Gasteiger partial charge in [-0.1, -0.05) is 168 Å². The van der Waals surface area contributed by atoms with Crippen molar-refractivity contribution in [2.75, 3.05) is 121 Å². The van der Waals surface area contributed by atoms with E-state index in [0.717, 1.165) is 158 Å². The summed E-state index contributed by atoms with van der Waals surface area (Å²) in [6, 6.07) is 22.9. The van der Waals surface area contributed by atoms with Crippen LogP contribution < -0.4 is 10.6 Å². The van der Waals surface area contributed by atoms with Crippen molar-refractivity contribution in [2.45, 2.75) is 301 Å². The lowest BCUT2D eigenvalue weighted by molar-refractivity contribution is -0.139. The predicted molar refractivity (Wildman–Crippen MR) is 485 cm³/mol. The number of ether oxygens (including phenoxy) is 5. The lowest BCUT2D eigenvalue weighted by Crippen LogP contribution is -2.48. The largest absolute Gasteiger partial charge is 0.481 e. The van der Waals surface area contributed by atoms with Crippen LogP contribution in [-0.2, 0) is 54.9 Å². The minimum atomic E-state index is -1.07. The van der Waals surface area contributed by atoms with Crippen molar-refractivity contribution in [3.8, 4) is 0 Å². The van der Waals surface area contributed by atoms with Crippen LogP contribution in [0.5, 0.6) is 0 Å². The first kappa shape index (κ1) is 104. The first-order valence-corrected chi connectivity index (χ1v) is 47.3. The summed E-state index contributed by atoms with van der Waals surface area (Å²) in [6.07, 6.45) is 35.5. The van der Waals surface area contributed by atoms with Gasteiger partial charge in [-0.15, -0.1) is 0 Å². The van der Waals surface area contributed by atoms with Gasteiger partial charge >= 0.3 is 18.2 Å². The van der Waals surface area contributed by atoms with Gasteiger partial charge in [-0.3, -0.25) is 14.4 Å². The van der Waals surface area contributed by atoms with Gasteiger partial charge in [0, 0.05) is 153 Å². The van der Waals surface area contributed by atoms with E-state index in [2.05, 4.69) is 10.6 Å². The summed E-state index contributed by atoms with van der Waals surface area (Å²) in [5.41, 5.74) is -1.33. The van der Waals surface area contributed by atoms with Crippen LogP contribution in [0.2, 0.25) is 15.1 Å². The van der Waals surface area contributed by atoms with Crippen molar-refractivity contribution >= 4 is 64.8 Å². The molecule has 120 heavy (non-hydrogen) atoms. The maximum Gasteiger partial charge on any atom is 0.410 e. The number of nitrogens with zero attached hydrogens (tertiary/aromatic N) is 4. The van der Waals surface area contributed by atoms with E-state index in [9.17, 15) is 39.3 Å². The lowest BCUT2D eigenvalue weighted by Gasteiger charge is -2.43. The van der Waals surface area contributed by atoms with Gasteiger partial charge in [0.2, 0.25) is 11.8 Å². The number of carbonyl (C=O) groups excluding carboxylic acids is 4. The normalized spacial score (nSPS) is 20.7. The number of likely N-dealkylation sites (tertiary alicyclic amines) is 2. The maximum absolute atomic E-state index is 13.9. The Morgan fingerprint density at radius 3 is 1.14 bits per heavy atom. The molecule has 0 bridgehead atoms. The molecule has 682 valence electrons. The average molecular weight is 1740 g/mol. The van der Waals surface area contributed by atoms with Gasteiger partial charge in [0.05, 0.1) is 16.8 Å². The van der Waals surface area contributed by atoms with E-state index in [1.807, 2.05) is 131 Å². The van der Waals surface area contributed by atoms with Crippen molar-refractivity contribution in [1.29, 1.82) is 0 Å². The number of unbranched alkanes of at least 4 members (excludes halogenated alkanes) is 3.